The molecule has 1 aromatic carbocycles. The Kier molecular flexibility index (Phi) is 2.05. The molecule has 1 rings (SSSR count). The molecule has 0 spiro atoms. The predicted octanol–water partition coefficient (Wildman–Crippen LogP) is 0.921. The largest absolute Gasteiger partial charge is 0.387 e. The molecule has 1 atom stereocenters. The van der Waals surface area contributed by atoms with E-state index in [9.17, 15) is 0 Å². The van der Waals surface area contributed by atoms with Crippen molar-refractivity contribution in [3.63, 3.8) is 0 Å². The first-order valence-electron chi connectivity index (χ1n) is 7.28. The van der Waals surface area contributed by atoms with E-state index in [0.717, 1.165) is 12.1 Å². The van der Waals surface area contributed by atoms with Crippen LogP contribution in [0.4, 0.5) is 0 Å². The third kappa shape index (κ3) is 4.81. The maximum absolute atomic E-state index is 7.92. The van der Waals surface area contributed by atoms with Gasteiger partial charge in [-0.05, 0) is 18.9 Å². The molecule has 0 aliphatic rings. The van der Waals surface area contributed by atoms with Gasteiger partial charge < -0.3 is 11.5 Å². The van der Waals surface area contributed by atoms with E-state index < -0.39 is 18.9 Å². The van der Waals surface area contributed by atoms with Gasteiger partial charge in [0.15, 0.2) is 0 Å². The Morgan fingerprint density at radius 1 is 1.53 bits per heavy atom. The Labute approximate surface area is 98.2 Å². The van der Waals surface area contributed by atoms with Gasteiger partial charge in [0.25, 0.3) is 0 Å². The van der Waals surface area contributed by atoms with Crippen LogP contribution in [0.15, 0.2) is 40.2 Å². The standard InChI is InChI=1S/C11H16N4/c1-9(12)15-11(13)14-8-7-10-5-3-2-4-6-10/h2-6H,7-8H2,1H3,(H4,12,13,14,15)/i2D,3D,6D,7D,8D2. The van der Waals surface area contributed by atoms with E-state index >= 15 is 0 Å². The van der Waals surface area contributed by atoms with Crippen LogP contribution in [-0.4, -0.2) is 18.3 Å². The van der Waals surface area contributed by atoms with Crippen molar-refractivity contribution in [1.29, 1.82) is 0 Å². The number of hydrogen-bond donors (Lipinski definition) is 2. The summed E-state index contributed by atoms with van der Waals surface area (Å²) in [4.78, 5) is 7.08. The second-order valence-corrected chi connectivity index (χ2v) is 2.67. The SMILES string of the molecule is [2H]c1cc([2H])c(C([2H])C([2H])([2H])N=C(N)N=C(C)N)cc1[2H]. The highest BCUT2D eigenvalue weighted by Crippen LogP contribution is 1.99. The highest BCUT2D eigenvalue weighted by atomic mass is 15.1. The number of amidine groups is 1. The van der Waals surface area contributed by atoms with E-state index in [4.69, 9.17) is 19.7 Å². The van der Waals surface area contributed by atoms with Crippen LogP contribution in [0.1, 0.15) is 20.7 Å². The summed E-state index contributed by atoms with van der Waals surface area (Å²) < 4.78 is 46.1. The van der Waals surface area contributed by atoms with E-state index in [0.29, 0.717) is 0 Å². The summed E-state index contributed by atoms with van der Waals surface area (Å²) >= 11 is 0. The minimum absolute atomic E-state index is 0.0500. The number of nitrogens with two attached hydrogens (primary N) is 2. The van der Waals surface area contributed by atoms with Gasteiger partial charge in [-0.25, -0.2) is 4.99 Å². The molecule has 0 aliphatic carbocycles. The molecule has 0 heterocycles. The molecule has 4 N–H and O–H groups in total. The Bertz CT molecular complexity index is 595. The zero-order valence-electron chi connectivity index (χ0n) is 14.3. The van der Waals surface area contributed by atoms with Gasteiger partial charge in [0.05, 0.1) is 12.7 Å². The van der Waals surface area contributed by atoms with Gasteiger partial charge >= 0.3 is 0 Å². The summed E-state index contributed by atoms with van der Waals surface area (Å²) in [6.07, 6.45) is -1.58. The maximum atomic E-state index is 7.92. The highest BCUT2D eigenvalue weighted by molar-refractivity contribution is 5.93. The van der Waals surface area contributed by atoms with Gasteiger partial charge in [-0.2, -0.15) is 0 Å². The van der Waals surface area contributed by atoms with Crippen molar-refractivity contribution in [3.05, 3.63) is 35.8 Å². The van der Waals surface area contributed by atoms with Crippen LogP contribution >= 0.6 is 0 Å². The number of hydrogen-bond acceptors (Lipinski definition) is 1. The molecule has 0 saturated heterocycles. The molecule has 4 nitrogen and oxygen atoms in total. The average molecular weight is 210 g/mol. The van der Waals surface area contributed by atoms with Crippen molar-refractivity contribution in [1.82, 2.24) is 0 Å². The van der Waals surface area contributed by atoms with Crippen molar-refractivity contribution in [2.75, 3.05) is 6.50 Å². The number of aliphatic imine (C=N–C) groups is 2. The molecule has 0 radical (unpaired) electrons. The number of rotatable bonds is 3. The van der Waals surface area contributed by atoms with Gasteiger partial charge in [0.1, 0.15) is 0 Å². The van der Waals surface area contributed by atoms with Crippen LogP contribution in [-0.2, 0) is 6.40 Å². The predicted molar refractivity (Wildman–Crippen MR) is 63.9 cm³/mol. The van der Waals surface area contributed by atoms with Crippen LogP contribution in [0.3, 0.4) is 0 Å². The first kappa shape index (κ1) is 5.30. The van der Waals surface area contributed by atoms with E-state index in [1.807, 2.05) is 0 Å². The van der Waals surface area contributed by atoms with Crippen LogP contribution in [0.2, 0.25) is 0 Å². The lowest BCUT2D eigenvalue weighted by Gasteiger charge is -1.97. The van der Waals surface area contributed by atoms with E-state index in [-0.39, 0.29) is 29.5 Å². The first-order valence-corrected chi connectivity index (χ1v) is 4.20. The Hall–Kier alpha value is -1.84. The van der Waals surface area contributed by atoms with Gasteiger partial charge in [-0.1, -0.05) is 30.3 Å². The van der Waals surface area contributed by atoms with Gasteiger partial charge in [-0.3, -0.25) is 4.99 Å². The molecule has 0 aliphatic heterocycles. The zero-order chi connectivity index (χ0) is 16.4. The monoisotopic (exact) mass is 210 g/mol. The zero-order valence-corrected chi connectivity index (χ0v) is 8.28. The minimum atomic E-state index is -2.45. The lowest BCUT2D eigenvalue weighted by Crippen LogP contribution is -2.16. The van der Waals surface area contributed by atoms with Crippen LogP contribution in [0.25, 0.3) is 0 Å². The van der Waals surface area contributed by atoms with Crippen molar-refractivity contribution >= 4 is 11.8 Å². The fraction of sp³-hybridized carbons (Fsp3) is 0.273. The van der Waals surface area contributed by atoms with Gasteiger partial charge in [0.2, 0.25) is 5.96 Å². The molecule has 0 fully saturated rings. The summed E-state index contributed by atoms with van der Waals surface area (Å²) in [5, 5.41) is 0. The highest BCUT2D eigenvalue weighted by Gasteiger charge is 1.91. The lowest BCUT2D eigenvalue weighted by atomic mass is 10.2. The molecule has 0 bridgehead atoms. The molecule has 0 saturated carbocycles. The fourth-order valence-corrected chi connectivity index (χ4v) is 0.779. The molecule has 80 valence electrons. The quantitative estimate of drug-likeness (QED) is 0.575. The molecule has 4 heteroatoms. The third-order valence-corrected chi connectivity index (χ3v) is 1.31. The summed E-state index contributed by atoms with van der Waals surface area (Å²) in [5.41, 5.74) is 10.7. The molecular formula is C11H16N4. The summed E-state index contributed by atoms with van der Waals surface area (Å²) in [6, 6.07) is 1.64. The number of aryl methyl sites for hydroxylation is 1. The number of benzene rings is 1. The Morgan fingerprint density at radius 2 is 2.33 bits per heavy atom. The second kappa shape index (κ2) is 5.80. The normalized spacial score (nSPS) is 21.7. The van der Waals surface area contributed by atoms with E-state index in [2.05, 4.69) is 9.98 Å². The maximum Gasteiger partial charge on any atom is 0.216 e. The molecule has 0 amide bonds. The van der Waals surface area contributed by atoms with E-state index in [1.165, 1.54) is 6.92 Å². The van der Waals surface area contributed by atoms with Crippen LogP contribution in [0.5, 0.6) is 0 Å². The fourth-order valence-electron chi connectivity index (χ4n) is 0.779. The van der Waals surface area contributed by atoms with Crippen molar-refractivity contribution in [3.8, 4) is 0 Å². The molecule has 15 heavy (non-hydrogen) atoms. The summed E-state index contributed by atoms with van der Waals surface area (Å²) in [7, 11) is 0. The smallest absolute Gasteiger partial charge is 0.216 e. The molecule has 1 aromatic rings. The Balaban J connectivity index is 3.20. The third-order valence-electron chi connectivity index (χ3n) is 1.31. The van der Waals surface area contributed by atoms with Crippen molar-refractivity contribution < 1.29 is 8.22 Å². The van der Waals surface area contributed by atoms with Crippen LogP contribution < -0.4 is 11.5 Å². The molecular weight excluding hydrogens is 188 g/mol. The number of nitrogens with zero attached hydrogens (tertiary/aromatic N) is 2. The van der Waals surface area contributed by atoms with E-state index in [1.54, 1.807) is 0 Å². The Morgan fingerprint density at radius 3 is 3.07 bits per heavy atom. The number of guanidine groups is 1. The molecule has 0 aromatic heterocycles. The lowest BCUT2D eigenvalue weighted by molar-refractivity contribution is 0.962. The topological polar surface area (TPSA) is 76.8 Å². The first-order chi connectivity index (χ1) is 9.54. The minimum Gasteiger partial charge on any atom is -0.387 e. The summed E-state index contributed by atoms with van der Waals surface area (Å²) in [5.74, 6) is -0.311. The average Bonchev–Trinajstić information content (AvgIpc) is 2.31. The second-order valence-electron chi connectivity index (χ2n) is 2.67. The van der Waals surface area contributed by atoms with Gasteiger partial charge in [-0.15, -0.1) is 0 Å². The van der Waals surface area contributed by atoms with Crippen molar-refractivity contribution in [2.24, 2.45) is 21.5 Å². The molecule has 1 unspecified atom stereocenters. The van der Waals surface area contributed by atoms with Gasteiger partial charge in [0, 0.05) is 7.87 Å². The van der Waals surface area contributed by atoms with Crippen molar-refractivity contribution in [2.45, 2.75) is 13.3 Å². The van der Waals surface area contributed by atoms with Crippen LogP contribution in [0, 0.1) is 0 Å². The summed E-state index contributed by atoms with van der Waals surface area (Å²) in [6.45, 7) is -0.994.